The van der Waals surface area contributed by atoms with Crippen LogP contribution in [0.5, 0.6) is 5.88 Å². The summed E-state index contributed by atoms with van der Waals surface area (Å²) in [6.45, 7) is 11.6. The van der Waals surface area contributed by atoms with E-state index in [-0.39, 0.29) is 42.0 Å². The van der Waals surface area contributed by atoms with Gasteiger partial charge in [0.15, 0.2) is 14.5 Å². The van der Waals surface area contributed by atoms with Gasteiger partial charge in [-0.25, -0.2) is 4.39 Å². The Morgan fingerprint density at radius 3 is 2.37 bits per heavy atom. The molecule has 0 N–H and O–H groups in total. The van der Waals surface area contributed by atoms with E-state index < -0.39 is 19.4 Å². The highest BCUT2D eigenvalue weighted by atomic mass is 28.4. The first-order valence-corrected chi connectivity index (χ1v) is 13.4. The maximum absolute atomic E-state index is 14.4. The Labute approximate surface area is 179 Å². The van der Waals surface area contributed by atoms with Gasteiger partial charge in [0.25, 0.3) is 0 Å². The average molecular weight is 446 g/mol. The Balaban J connectivity index is 2.04. The summed E-state index contributed by atoms with van der Waals surface area (Å²) in [5.74, 6) is -0.124. The molecule has 172 valence electrons. The fourth-order valence-electron chi connectivity index (χ4n) is 3.40. The van der Waals surface area contributed by atoms with Gasteiger partial charge in [-0.05, 0) is 50.7 Å². The quantitative estimate of drug-likeness (QED) is 0.303. The van der Waals surface area contributed by atoms with E-state index in [0.29, 0.717) is 5.69 Å². The molecular formula is C20H36FN3O5Si. The summed E-state index contributed by atoms with van der Waals surface area (Å²) in [7, 11) is -0.377. The van der Waals surface area contributed by atoms with Crippen LogP contribution in [0.4, 0.5) is 10.1 Å². The van der Waals surface area contributed by atoms with Crippen LogP contribution >= 0.6 is 0 Å². The summed E-state index contributed by atoms with van der Waals surface area (Å²) >= 11 is 0. The summed E-state index contributed by atoms with van der Waals surface area (Å²) in [5.41, 5.74) is 0.241. The second kappa shape index (κ2) is 9.74. The van der Waals surface area contributed by atoms with E-state index in [0.717, 1.165) is 25.7 Å². The van der Waals surface area contributed by atoms with E-state index in [9.17, 15) is 14.5 Å². The minimum atomic E-state index is -2.07. The normalized spacial score (nSPS) is 21.5. The van der Waals surface area contributed by atoms with Crippen LogP contribution in [0, 0.1) is 17.0 Å². The van der Waals surface area contributed by atoms with Crippen molar-refractivity contribution in [3.8, 4) is 5.88 Å². The van der Waals surface area contributed by atoms with Crippen molar-refractivity contribution in [2.24, 2.45) is 0 Å². The molecule has 1 saturated carbocycles. The van der Waals surface area contributed by atoms with Crippen molar-refractivity contribution >= 4 is 14.0 Å². The SMILES string of the molecule is COC1CCC(n2nc(OCC(F)CO[Si](C)(C)C(C)(C)C)c([N+](=O)[O-])c2C)CC1. The molecule has 1 aromatic heterocycles. The second-order valence-corrected chi connectivity index (χ2v) is 14.4. The van der Waals surface area contributed by atoms with Crippen LogP contribution in [-0.4, -0.2) is 55.6 Å². The van der Waals surface area contributed by atoms with Crippen molar-refractivity contribution < 1.29 is 23.2 Å². The smallest absolute Gasteiger partial charge is 0.352 e. The van der Waals surface area contributed by atoms with Crippen molar-refractivity contribution in [3.63, 3.8) is 0 Å². The molecule has 0 saturated heterocycles. The Kier molecular flexibility index (Phi) is 8.03. The molecule has 1 unspecified atom stereocenters. The summed E-state index contributed by atoms with van der Waals surface area (Å²) in [4.78, 5) is 11.1. The third-order valence-corrected chi connectivity index (χ3v) is 10.9. The summed E-state index contributed by atoms with van der Waals surface area (Å²) < 4.78 is 32.8. The number of nitro groups is 1. The molecule has 1 aromatic rings. The Morgan fingerprint density at radius 2 is 1.87 bits per heavy atom. The zero-order chi connectivity index (χ0) is 22.7. The fourth-order valence-corrected chi connectivity index (χ4v) is 4.44. The molecule has 1 fully saturated rings. The van der Waals surface area contributed by atoms with Gasteiger partial charge in [0.05, 0.1) is 23.7 Å². The van der Waals surface area contributed by atoms with E-state index in [4.69, 9.17) is 13.9 Å². The topological polar surface area (TPSA) is 88.7 Å². The van der Waals surface area contributed by atoms with Crippen molar-refractivity contribution in [1.82, 2.24) is 9.78 Å². The van der Waals surface area contributed by atoms with Crippen molar-refractivity contribution in [2.75, 3.05) is 20.3 Å². The van der Waals surface area contributed by atoms with Crippen LogP contribution in [0.25, 0.3) is 0 Å². The van der Waals surface area contributed by atoms with Gasteiger partial charge in [0, 0.05) is 7.11 Å². The fraction of sp³-hybridized carbons (Fsp3) is 0.850. The number of hydrogen-bond acceptors (Lipinski definition) is 6. The van der Waals surface area contributed by atoms with Crippen molar-refractivity contribution in [1.29, 1.82) is 0 Å². The molecule has 30 heavy (non-hydrogen) atoms. The minimum Gasteiger partial charge on any atom is -0.469 e. The van der Waals surface area contributed by atoms with Gasteiger partial charge in [-0.15, -0.1) is 5.10 Å². The van der Waals surface area contributed by atoms with Gasteiger partial charge in [-0.3, -0.25) is 14.8 Å². The minimum absolute atomic E-state index is 0.0237. The number of halogens is 1. The standard InChI is InChI=1S/C20H36FN3O5Si/c1-14-18(24(25)26)19(22-23(14)16-8-10-17(27-5)11-9-16)28-12-15(21)13-29-30(6,7)20(2,3)4/h15-17H,8-13H2,1-7H3. The van der Waals surface area contributed by atoms with Gasteiger partial charge < -0.3 is 13.9 Å². The number of alkyl halides is 1. The summed E-state index contributed by atoms with van der Waals surface area (Å²) in [6, 6.07) is 0.0514. The van der Waals surface area contributed by atoms with Crippen molar-refractivity contribution in [3.05, 3.63) is 15.8 Å². The van der Waals surface area contributed by atoms with Crippen LogP contribution in [0.15, 0.2) is 0 Å². The zero-order valence-electron chi connectivity index (χ0n) is 19.2. The monoisotopic (exact) mass is 445 g/mol. The molecule has 8 nitrogen and oxygen atoms in total. The van der Waals surface area contributed by atoms with Crippen LogP contribution < -0.4 is 4.74 Å². The first kappa shape index (κ1) is 24.7. The third kappa shape index (κ3) is 5.79. The number of methoxy groups -OCH3 is 1. The van der Waals surface area contributed by atoms with Crippen LogP contribution in [0.2, 0.25) is 18.1 Å². The van der Waals surface area contributed by atoms with Gasteiger partial charge >= 0.3 is 11.6 Å². The highest BCUT2D eigenvalue weighted by molar-refractivity contribution is 6.74. The molecule has 1 aliphatic rings. The molecule has 1 aliphatic carbocycles. The number of ether oxygens (including phenoxy) is 2. The predicted molar refractivity (Wildman–Crippen MR) is 115 cm³/mol. The molecule has 0 aromatic carbocycles. The molecule has 1 atom stereocenters. The Hall–Kier alpha value is -1.52. The van der Waals surface area contributed by atoms with E-state index in [1.165, 1.54) is 0 Å². The summed E-state index contributed by atoms with van der Waals surface area (Å²) in [6.07, 6.45) is 2.23. The Bertz CT molecular complexity index is 727. The van der Waals surface area contributed by atoms with Gasteiger partial charge in [-0.1, -0.05) is 20.8 Å². The molecule has 0 spiro atoms. The van der Waals surface area contributed by atoms with Gasteiger partial charge in [-0.2, -0.15) is 0 Å². The lowest BCUT2D eigenvalue weighted by Crippen LogP contribution is -2.42. The molecule has 0 aliphatic heterocycles. The maximum atomic E-state index is 14.4. The molecule has 10 heteroatoms. The number of nitrogens with zero attached hydrogens (tertiary/aromatic N) is 3. The molecule has 1 heterocycles. The molecule has 2 rings (SSSR count). The lowest BCUT2D eigenvalue weighted by atomic mass is 9.93. The third-order valence-electron chi connectivity index (χ3n) is 6.43. The van der Waals surface area contributed by atoms with Crippen LogP contribution in [0.1, 0.15) is 58.2 Å². The first-order valence-electron chi connectivity index (χ1n) is 10.5. The van der Waals surface area contributed by atoms with E-state index >= 15 is 0 Å². The lowest BCUT2D eigenvalue weighted by Gasteiger charge is -2.36. The second-order valence-electron chi connectivity index (χ2n) is 9.59. The Morgan fingerprint density at radius 1 is 1.27 bits per heavy atom. The van der Waals surface area contributed by atoms with Crippen LogP contribution in [-0.2, 0) is 9.16 Å². The number of rotatable bonds is 9. The predicted octanol–water partition coefficient (Wildman–Crippen LogP) is 4.97. The first-order chi connectivity index (χ1) is 13.9. The summed E-state index contributed by atoms with van der Waals surface area (Å²) in [5, 5.41) is 15.9. The van der Waals surface area contributed by atoms with Crippen LogP contribution in [0.3, 0.4) is 0 Å². The highest BCUT2D eigenvalue weighted by Crippen LogP contribution is 2.38. The van der Waals surface area contributed by atoms with Crippen molar-refractivity contribution in [2.45, 2.75) is 89.8 Å². The van der Waals surface area contributed by atoms with E-state index in [1.807, 2.05) is 0 Å². The van der Waals surface area contributed by atoms with E-state index in [2.05, 4.69) is 39.0 Å². The largest absolute Gasteiger partial charge is 0.469 e. The molecular weight excluding hydrogens is 409 g/mol. The van der Waals surface area contributed by atoms with Gasteiger partial charge in [0.1, 0.15) is 12.3 Å². The average Bonchev–Trinajstić information content (AvgIpc) is 3.00. The zero-order valence-corrected chi connectivity index (χ0v) is 20.2. The maximum Gasteiger partial charge on any atom is 0.352 e. The molecule has 0 amide bonds. The van der Waals surface area contributed by atoms with Gasteiger partial charge in [0.2, 0.25) is 0 Å². The number of aromatic nitrogens is 2. The molecule has 0 radical (unpaired) electrons. The lowest BCUT2D eigenvalue weighted by molar-refractivity contribution is -0.386. The number of hydrogen-bond donors (Lipinski definition) is 0. The highest BCUT2D eigenvalue weighted by Gasteiger charge is 2.38. The van der Waals surface area contributed by atoms with E-state index in [1.54, 1.807) is 18.7 Å². The molecule has 0 bridgehead atoms.